The van der Waals surface area contributed by atoms with Crippen molar-refractivity contribution in [2.24, 2.45) is 17.8 Å². The highest BCUT2D eigenvalue weighted by Gasteiger charge is 2.14. The lowest BCUT2D eigenvalue weighted by atomic mass is 9.91. The van der Waals surface area contributed by atoms with E-state index in [1.165, 1.54) is 19.3 Å². The third-order valence-electron chi connectivity index (χ3n) is 2.61. The quantitative estimate of drug-likeness (QED) is 0.600. The minimum atomic E-state index is 0.462. The van der Waals surface area contributed by atoms with Crippen LogP contribution in [0.2, 0.25) is 0 Å². The van der Waals surface area contributed by atoms with Gasteiger partial charge in [0, 0.05) is 7.11 Å². The van der Waals surface area contributed by atoms with Gasteiger partial charge in [-0.3, -0.25) is 0 Å². The van der Waals surface area contributed by atoms with Gasteiger partial charge >= 0.3 is 0 Å². The van der Waals surface area contributed by atoms with E-state index < -0.39 is 0 Å². The zero-order valence-electron chi connectivity index (χ0n) is 10.8. The molecule has 0 aliphatic heterocycles. The van der Waals surface area contributed by atoms with Gasteiger partial charge < -0.3 is 4.74 Å². The molecule has 2 atom stereocenters. The van der Waals surface area contributed by atoms with Gasteiger partial charge in [0.15, 0.2) is 0 Å². The molecule has 0 bridgehead atoms. The first-order chi connectivity index (χ1) is 6.45. The van der Waals surface area contributed by atoms with E-state index >= 15 is 0 Å². The minimum absolute atomic E-state index is 0.462. The second-order valence-electron chi connectivity index (χ2n) is 5.46. The molecule has 1 heteroatoms. The molecule has 0 aliphatic rings. The standard InChI is InChI=1S/C13H28O/c1-10(2)7-12(5)9-13(14-6)8-11(3)4/h10-13H,7-9H2,1-6H3. The van der Waals surface area contributed by atoms with Crippen molar-refractivity contribution in [3.8, 4) is 0 Å². The molecule has 0 spiro atoms. The van der Waals surface area contributed by atoms with E-state index in [2.05, 4.69) is 34.6 Å². The number of methoxy groups -OCH3 is 1. The van der Waals surface area contributed by atoms with Gasteiger partial charge in [-0.05, 0) is 37.0 Å². The van der Waals surface area contributed by atoms with Crippen molar-refractivity contribution in [2.75, 3.05) is 7.11 Å². The summed E-state index contributed by atoms with van der Waals surface area (Å²) in [5, 5.41) is 0. The molecule has 0 rings (SSSR count). The predicted octanol–water partition coefficient (Wildman–Crippen LogP) is 4.12. The second kappa shape index (κ2) is 7.28. The molecule has 0 aromatic heterocycles. The molecule has 2 unspecified atom stereocenters. The zero-order chi connectivity index (χ0) is 11.1. The van der Waals surface area contributed by atoms with E-state index in [1.54, 1.807) is 0 Å². The summed E-state index contributed by atoms with van der Waals surface area (Å²) in [7, 11) is 1.84. The smallest absolute Gasteiger partial charge is 0.0576 e. The van der Waals surface area contributed by atoms with Gasteiger partial charge in [0.25, 0.3) is 0 Å². The summed E-state index contributed by atoms with van der Waals surface area (Å²) in [4.78, 5) is 0. The SMILES string of the molecule is COC(CC(C)C)CC(C)CC(C)C. The van der Waals surface area contributed by atoms with E-state index in [-0.39, 0.29) is 0 Å². The topological polar surface area (TPSA) is 9.23 Å². The average molecular weight is 200 g/mol. The highest BCUT2D eigenvalue weighted by molar-refractivity contribution is 4.66. The van der Waals surface area contributed by atoms with Crippen LogP contribution in [0.5, 0.6) is 0 Å². The lowest BCUT2D eigenvalue weighted by molar-refractivity contribution is 0.0628. The molecule has 14 heavy (non-hydrogen) atoms. The van der Waals surface area contributed by atoms with Gasteiger partial charge in [0.05, 0.1) is 6.10 Å². The highest BCUT2D eigenvalue weighted by atomic mass is 16.5. The van der Waals surface area contributed by atoms with E-state index in [9.17, 15) is 0 Å². The first-order valence-electron chi connectivity index (χ1n) is 5.98. The highest BCUT2D eigenvalue weighted by Crippen LogP contribution is 2.21. The Kier molecular flexibility index (Phi) is 7.26. The fraction of sp³-hybridized carbons (Fsp3) is 1.00. The predicted molar refractivity (Wildman–Crippen MR) is 63.5 cm³/mol. The van der Waals surface area contributed by atoms with Crippen LogP contribution in [0, 0.1) is 17.8 Å². The molecular weight excluding hydrogens is 172 g/mol. The van der Waals surface area contributed by atoms with Gasteiger partial charge in [-0.25, -0.2) is 0 Å². The van der Waals surface area contributed by atoms with E-state index in [4.69, 9.17) is 4.74 Å². The summed E-state index contributed by atoms with van der Waals surface area (Å²) in [6.07, 6.45) is 4.19. The number of hydrogen-bond donors (Lipinski definition) is 0. The molecule has 0 fully saturated rings. The van der Waals surface area contributed by atoms with Crippen LogP contribution >= 0.6 is 0 Å². The van der Waals surface area contributed by atoms with Crippen LogP contribution in [0.25, 0.3) is 0 Å². The lowest BCUT2D eigenvalue weighted by Gasteiger charge is -2.22. The van der Waals surface area contributed by atoms with Crippen LogP contribution in [0.1, 0.15) is 53.9 Å². The molecule has 0 amide bonds. The Hall–Kier alpha value is -0.0400. The maximum atomic E-state index is 5.51. The number of rotatable bonds is 7. The van der Waals surface area contributed by atoms with Crippen molar-refractivity contribution in [3.63, 3.8) is 0 Å². The fourth-order valence-corrected chi connectivity index (χ4v) is 2.16. The first-order valence-corrected chi connectivity index (χ1v) is 5.98. The van der Waals surface area contributed by atoms with Crippen LogP contribution in [0.3, 0.4) is 0 Å². The molecule has 0 aromatic carbocycles. The van der Waals surface area contributed by atoms with Crippen LogP contribution in [0.4, 0.5) is 0 Å². The van der Waals surface area contributed by atoms with Crippen molar-refractivity contribution in [2.45, 2.75) is 60.0 Å². The Labute approximate surface area is 90.2 Å². The summed E-state index contributed by atoms with van der Waals surface area (Å²) < 4.78 is 5.51. The molecule has 0 heterocycles. The van der Waals surface area contributed by atoms with Gasteiger partial charge in [-0.15, -0.1) is 0 Å². The maximum Gasteiger partial charge on any atom is 0.0576 e. The summed E-state index contributed by atoms with van der Waals surface area (Å²) in [5.74, 6) is 2.34. The fourth-order valence-electron chi connectivity index (χ4n) is 2.16. The minimum Gasteiger partial charge on any atom is -0.381 e. The molecule has 0 saturated heterocycles. The second-order valence-corrected chi connectivity index (χ2v) is 5.46. The summed E-state index contributed by atoms with van der Waals surface area (Å²) in [6.45, 7) is 11.5. The largest absolute Gasteiger partial charge is 0.381 e. The number of hydrogen-bond acceptors (Lipinski definition) is 1. The Balaban J connectivity index is 3.79. The average Bonchev–Trinajstić information content (AvgIpc) is 2.00. The summed E-state index contributed by atoms with van der Waals surface area (Å²) in [5.41, 5.74) is 0. The normalized spacial score (nSPS) is 16.3. The van der Waals surface area contributed by atoms with Gasteiger partial charge in [-0.1, -0.05) is 34.6 Å². The molecule has 86 valence electrons. The molecule has 0 radical (unpaired) electrons. The summed E-state index contributed by atoms with van der Waals surface area (Å²) in [6, 6.07) is 0. The van der Waals surface area contributed by atoms with Gasteiger partial charge in [0.1, 0.15) is 0 Å². The van der Waals surface area contributed by atoms with Crippen molar-refractivity contribution in [1.82, 2.24) is 0 Å². The van der Waals surface area contributed by atoms with Crippen LogP contribution < -0.4 is 0 Å². The molecule has 1 nitrogen and oxygen atoms in total. The van der Waals surface area contributed by atoms with Crippen LogP contribution in [-0.2, 0) is 4.74 Å². The maximum absolute atomic E-state index is 5.51. The van der Waals surface area contributed by atoms with Crippen molar-refractivity contribution >= 4 is 0 Å². The third-order valence-corrected chi connectivity index (χ3v) is 2.61. The van der Waals surface area contributed by atoms with E-state index in [1.807, 2.05) is 7.11 Å². The first kappa shape index (κ1) is 14.0. The lowest BCUT2D eigenvalue weighted by Crippen LogP contribution is -2.18. The molecule has 0 N–H and O–H groups in total. The van der Waals surface area contributed by atoms with Crippen molar-refractivity contribution in [1.29, 1.82) is 0 Å². The van der Waals surface area contributed by atoms with Gasteiger partial charge in [0.2, 0.25) is 0 Å². The molecule has 0 aliphatic carbocycles. The van der Waals surface area contributed by atoms with E-state index in [0.717, 1.165) is 17.8 Å². The summed E-state index contributed by atoms with van der Waals surface area (Å²) >= 11 is 0. The monoisotopic (exact) mass is 200 g/mol. The number of ether oxygens (including phenoxy) is 1. The Morgan fingerprint density at radius 1 is 0.786 bits per heavy atom. The van der Waals surface area contributed by atoms with E-state index in [0.29, 0.717) is 6.10 Å². The molecule has 0 aromatic rings. The van der Waals surface area contributed by atoms with Crippen LogP contribution in [0.15, 0.2) is 0 Å². The Morgan fingerprint density at radius 2 is 1.29 bits per heavy atom. The van der Waals surface area contributed by atoms with Crippen LogP contribution in [-0.4, -0.2) is 13.2 Å². The third kappa shape index (κ3) is 7.37. The van der Waals surface area contributed by atoms with Gasteiger partial charge in [-0.2, -0.15) is 0 Å². The Morgan fingerprint density at radius 3 is 1.64 bits per heavy atom. The zero-order valence-corrected chi connectivity index (χ0v) is 10.8. The molecule has 0 saturated carbocycles. The Bertz CT molecular complexity index is 129. The van der Waals surface area contributed by atoms with Crippen molar-refractivity contribution in [3.05, 3.63) is 0 Å². The van der Waals surface area contributed by atoms with Crippen molar-refractivity contribution < 1.29 is 4.74 Å². The molecular formula is C13H28O.